The first-order chi connectivity index (χ1) is 7.77. The molecule has 1 unspecified atom stereocenters. The van der Waals surface area contributed by atoms with Gasteiger partial charge in [0.25, 0.3) is 0 Å². The molecule has 2 rings (SSSR count). The maximum Gasteiger partial charge on any atom is 0.0556 e. The van der Waals surface area contributed by atoms with Crippen LogP contribution in [0.15, 0.2) is 23.1 Å². The molecule has 0 aliphatic carbocycles. The van der Waals surface area contributed by atoms with Crippen molar-refractivity contribution < 1.29 is 0 Å². The SMILES string of the molecule is Cl.Clc1cccc(Cl)c1SCC1CCCNC1. The molecule has 1 aromatic rings. The van der Waals surface area contributed by atoms with Gasteiger partial charge in [0.2, 0.25) is 0 Å². The third-order valence-corrected chi connectivity index (χ3v) is 5.00. The topological polar surface area (TPSA) is 12.0 Å². The van der Waals surface area contributed by atoms with E-state index in [9.17, 15) is 0 Å². The van der Waals surface area contributed by atoms with Crippen LogP contribution in [-0.4, -0.2) is 18.8 Å². The largest absolute Gasteiger partial charge is 0.316 e. The number of piperidine rings is 1. The Balaban J connectivity index is 0.00000144. The van der Waals surface area contributed by atoms with Gasteiger partial charge in [-0.3, -0.25) is 0 Å². The molecular weight excluding hydrogens is 297 g/mol. The van der Waals surface area contributed by atoms with E-state index in [-0.39, 0.29) is 12.4 Å². The van der Waals surface area contributed by atoms with Crippen molar-refractivity contribution >= 4 is 47.4 Å². The molecular formula is C12H16Cl3NS. The van der Waals surface area contributed by atoms with E-state index in [0.717, 1.165) is 39.7 Å². The Labute approximate surface area is 123 Å². The summed E-state index contributed by atoms with van der Waals surface area (Å²) in [6, 6.07) is 5.68. The van der Waals surface area contributed by atoms with E-state index >= 15 is 0 Å². The molecule has 1 N–H and O–H groups in total. The molecule has 1 aliphatic heterocycles. The molecule has 17 heavy (non-hydrogen) atoms. The van der Waals surface area contributed by atoms with Crippen LogP contribution in [0.25, 0.3) is 0 Å². The van der Waals surface area contributed by atoms with E-state index in [0.29, 0.717) is 0 Å². The van der Waals surface area contributed by atoms with E-state index in [2.05, 4.69) is 5.32 Å². The molecule has 96 valence electrons. The number of thioether (sulfide) groups is 1. The number of nitrogens with one attached hydrogen (secondary N) is 1. The van der Waals surface area contributed by atoms with Gasteiger partial charge in [-0.15, -0.1) is 24.2 Å². The van der Waals surface area contributed by atoms with Gasteiger partial charge in [-0.1, -0.05) is 29.3 Å². The second-order valence-corrected chi connectivity index (χ2v) is 5.92. The summed E-state index contributed by atoms with van der Waals surface area (Å²) in [5, 5.41) is 4.95. The summed E-state index contributed by atoms with van der Waals surface area (Å²) in [5.41, 5.74) is 0. The monoisotopic (exact) mass is 311 g/mol. The van der Waals surface area contributed by atoms with Crippen LogP contribution in [0, 0.1) is 5.92 Å². The lowest BCUT2D eigenvalue weighted by molar-refractivity contribution is 0.410. The molecule has 1 aliphatic rings. The Hall–Kier alpha value is 0.400. The maximum absolute atomic E-state index is 6.13. The summed E-state index contributed by atoms with van der Waals surface area (Å²) >= 11 is 14.0. The predicted molar refractivity (Wildman–Crippen MR) is 80.0 cm³/mol. The van der Waals surface area contributed by atoms with Crippen LogP contribution < -0.4 is 5.32 Å². The summed E-state index contributed by atoms with van der Waals surface area (Å²) in [6.07, 6.45) is 2.59. The number of hydrogen-bond donors (Lipinski definition) is 1. The summed E-state index contributed by atoms with van der Waals surface area (Å²) < 4.78 is 0. The molecule has 0 radical (unpaired) electrons. The van der Waals surface area contributed by atoms with Crippen LogP contribution in [0.5, 0.6) is 0 Å². The van der Waals surface area contributed by atoms with E-state index < -0.39 is 0 Å². The average molecular weight is 313 g/mol. The number of benzene rings is 1. The van der Waals surface area contributed by atoms with Gasteiger partial charge in [-0.2, -0.15) is 0 Å². The Morgan fingerprint density at radius 2 is 2.00 bits per heavy atom. The second kappa shape index (κ2) is 7.75. The Bertz CT molecular complexity index is 333. The molecule has 1 nitrogen and oxygen atoms in total. The van der Waals surface area contributed by atoms with Crippen LogP contribution in [0.3, 0.4) is 0 Å². The second-order valence-electron chi connectivity index (χ2n) is 4.07. The van der Waals surface area contributed by atoms with Crippen molar-refractivity contribution in [3.05, 3.63) is 28.2 Å². The zero-order valence-electron chi connectivity index (χ0n) is 9.42. The zero-order chi connectivity index (χ0) is 11.4. The lowest BCUT2D eigenvalue weighted by Crippen LogP contribution is -2.30. The molecule has 0 aromatic heterocycles. The van der Waals surface area contributed by atoms with Gasteiger partial charge in [-0.05, 0) is 44.0 Å². The van der Waals surface area contributed by atoms with Gasteiger partial charge in [0.05, 0.1) is 10.0 Å². The fourth-order valence-electron chi connectivity index (χ4n) is 1.89. The maximum atomic E-state index is 6.13. The lowest BCUT2D eigenvalue weighted by atomic mass is 10.0. The summed E-state index contributed by atoms with van der Waals surface area (Å²) in [7, 11) is 0. The van der Waals surface area contributed by atoms with Crippen molar-refractivity contribution in [3.63, 3.8) is 0 Å². The van der Waals surface area contributed by atoms with Crippen LogP contribution in [0.2, 0.25) is 10.0 Å². The van der Waals surface area contributed by atoms with Gasteiger partial charge in [0.1, 0.15) is 0 Å². The van der Waals surface area contributed by atoms with Gasteiger partial charge in [0, 0.05) is 10.6 Å². The van der Waals surface area contributed by atoms with Gasteiger partial charge >= 0.3 is 0 Å². The first-order valence-corrected chi connectivity index (χ1v) is 7.29. The molecule has 1 aromatic carbocycles. The highest BCUT2D eigenvalue weighted by atomic mass is 35.5. The molecule has 0 amide bonds. The van der Waals surface area contributed by atoms with Crippen LogP contribution in [0.1, 0.15) is 12.8 Å². The van der Waals surface area contributed by atoms with Crippen molar-refractivity contribution in [3.8, 4) is 0 Å². The Morgan fingerprint density at radius 1 is 1.29 bits per heavy atom. The van der Waals surface area contributed by atoms with Crippen molar-refractivity contribution in [2.45, 2.75) is 17.7 Å². The number of rotatable bonds is 3. The highest BCUT2D eigenvalue weighted by Crippen LogP contribution is 2.35. The minimum atomic E-state index is 0. The third-order valence-electron chi connectivity index (χ3n) is 2.78. The van der Waals surface area contributed by atoms with Gasteiger partial charge < -0.3 is 5.32 Å². The molecule has 0 bridgehead atoms. The molecule has 5 heteroatoms. The molecule has 1 heterocycles. The minimum absolute atomic E-state index is 0. The molecule has 1 atom stereocenters. The van der Waals surface area contributed by atoms with Gasteiger partial charge in [-0.25, -0.2) is 0 Å². The summed E-state index contributed by atoms with van der Waals surface area (Å²) in [6.45, 7) is 2.28. The quantitative estimate of drug-likeness (QED) is 0.824. The van der Waals surface area contributed by atoms with E-state index in [1.165, 1.54) is 12.8 Å². The Morgan fingerprint density at radius 3 is 2.59 bits per heavy atom. The van der Waals surface area contributed by atoms with E-state index in [4.69, 9.17) is 23.2 Å². The summed E-state index contributed by atoms with van der Waals surface area (Å²) in [5.74, 6) is 1.84. The molecule has 0 saturated carbocycles. The third kappa shape index (κ3) is 4.53. The summed E-state index contributed by atoms with van der Waals surface area (Å²) in [4.78, 5) is 1.02. The molecule has 1 fully saturated rings. The fourth-order valence-corrected chi connectivity index (χ4v) is 3.71. The van der Waals surface area contributed by atoms with Crippen molar-refractivity contribution in [2.75, 3.05) is 18.8 Å². The highest BCUT2D eigenvalue weighted by Gasteiger charge is 2.14. The zero-order valence-corrected chi connectivity index (χ0v) is 12.6. The van der Waals surface area contributed by atoms with Crippen molar-refractivity contribution in [1.82, 2.24) is 5.32 Å². The first kappa shape index (κ1) is 15.5. The van der Waals surface area contributed by atoms with Crippen LogP contribution in [0.4, 0.5) is 0 Å². The van der Waals surface area contributed by atoms with Crippen molar-refractivity contribution in [2.24, 2.45) is 5.92 Å². The van der Waals surface area contributed by atoms with E-state index in [1.807, 2.05) is 18.2 Å². The molecule has 1 saturated heterocycles. The smallest absolute Gasteiger partial charge is 0.0556 e. The van der Waals surface area contributed by atoms with E-state index in [1.54, 1.807) is 11.8 Å². The first-order valence-electron chi connectivity index (χ1n) is 5.55. The average Bonchev–Trinajstić information content (AvgIpc) is 2.30. The standard InChI is InChI=1S/C12H15Cl2NS.ClH/c13-10-4-1-5-11(14)12(10)16-8-9-3-2-6-15-7-9;/h1,4-5,9,15H,2-3,6-8H2;1H. The van der Waals surface area contributed by atoms with Crippen LogP contribution >= 0.6 is 47.4 Å². The lowest BCUT2D eigenvalue weighted by Gasteiger charge is -2.22. The molecule has 0 spiro atoms. The minimum Gasteiger partial charge on any atom is -0.316 e. The predicted octanol–water partition coefficient (Wildman–Crippen LogP) is 4.51. The van der Waals surface area contributed by atoms with Crippen LogP contribution in [-0.2, 0) is 0 Å². The number of halogens is 3. The normalized spacial score (nSPS) is 19.8. The van der Waals surface area contributed by atoms with Gasteiger partial charge in [0.15, 0.2) is 0 Å². The van der Waals surface area contributed by atoms with Crippen molar-refractivity contribution in [1.29, 1.82) is 0 Å². The highest BCUT2D eigenvalue weighted by molar-refractivity contribution is 7.99. The Kier molecular flexibility index (Phi) is 7.05. The fraction of sp³-hybridized carbons (Fsp3) is 0.500. The number of hydrogen-bond acceptors (Lipinski definition) is 2.